The highest BCUT2D eigenvalue weighted by atomic mass is 19.1. The van der Waals surface area contributed by atoms with E-state index < -0.39 is 12.0 Å². The van der Waals surface area contributed by atoms with Gasteiger partial charge in [-0.15, -0.1) is 0 Å². The first-order valence-corrected chi connectivity index (χ1v) is 2.46. The SMILES string of the molecule is CC(C)(O)CC(O)F. The lowest BCUT2D eigenvalue weighted by atomic mass is 10.1. The van der Waals surface area contributed by atoms with E-state index >= 15 is 0 Å². The van der Waals surface area contributed by atoms with Crippen LogP contribution in [0.25, 0.3) is 0 Å². The van der Waals surface area contributed by atoms with E-state index in [-0.39, 0.29) is 6.42 Å². The summed E-state index contributed by atoms with van der Waals surface area (Å²) in [6, 6.07) is 0. The average Bonchev–Trinajstić information content (AvgIpc) is 1.21. The Morgan fingerprint density at radius 1 is 1.62 bits per heavy atom. The van der Waals surface area contributed by atoms with Crippen molar-refractivity contribution in [1.29, 1.82) is 0 Å². The molecule has 0 aromatic heterocycles. The van der Waals surface area contributed by atoms with Crippen LogP contribution in [0.5, 0.6) is 0 Å². The molecular weight excluding hydrogens is 111 g/mol. The van der Waals surface area contributed by atoms with Crippen LogP contribution in [0.4, 0.5) is 4.39 Å². The third-order valence-corrected chi connectivity index (χ3v) is 0.668. The quantitative estimate of drug-likeness (QED) is 0.557. The highest BCUT2D eigenvalue weighted by Gasteiger charge is 2.16. The fourth-order valence-corrected chi connectivity index (χ4v) is 0.412. The van der Waals surface area contributed by atoms with E-state index in [4.69, 9.17) is 10.2 Å². The molecule has 0 aliphatic carbocycles. The van der Waals surface area contributed by atoms with Gasteiger partial charge >= 0.3 is 0 Å². The number of aliphatic hydroxyl groups excluding tert-OH is 1. The van der Waals surface area contributed by atoms with Crippen molar-refractivity contribution in [1.82, 2.24) is 0 Å². The molecule has 0 fully saturated rings. The molecule has 0 aromatic rings. The molecule has 0 saturated heterocycles. The first-order chi connectivity index (χ1) is 3.42. The minimum absolute atomic E-state index is 0.229. The topological polar surface area (TPSA) is 40.5 Å². The van der Waals surface area contributed by atoms with Crippen LogP contribution in [0.1, 0.15) is 20.3 Å². The maximum absolute atomic E-state index is 11.6. The predicted molar refractivity (Wildman–Crippen MR) is 28.0 cm³/mol. The number of rotatable bonds is 2. The maximum atomic E-state index is 11.6. The van der Waals surface area contributed by atoms with Crippen LogP contribution in [-0.2, 0) is 0 Å². The number of hydrogen-bond acceptors (Lipinski definition) is 2. The molecule has 0 rings (SSSR count). The Hall–Kier alpha value is -0.150. The molecule has 0 amide bonds. The highest BCUT2D eigenvalue weighted by molar-refractivity contribution is 4.64. The predicted octanol–water partition coefficient (Wildman–Crippen LogP) is 0.435. The third-order valence-electron chi connectivity index (χ3n) is 0.668. The Morgan fingerprint density at radius 2 is 2.00 bits per heavy atom. The second kappa shape index (κ2) is 2.42. The van der Waals surface area contributed by atoms with Gasteiger partial charge in [-0.2, -0.15) is 0 Å². The second-order valence-electron chi connectivity index (χ2n) is 2.45. The van der Waals surface area contributed by atoms with E-state index in [1.165, 1.54) is 13.8 Å². The maximum Gasteiger partial charge on any atom is 0.199 e. The van der Waals surface area contributed by atoms with Crippen molar-refractivity contribution in [2.45, 2.75) is 32.2 Å². The number of alkyl halides is 1. The average molecular weight is 122 g/mol. The summed E-state index contributed by atoms with van der Waals surface area (Å²) in [7, 11) is 0. The largest absolute Gasteiger partial charge is 0.390 e. The normalized spacial score (nSPS) is 16.1. The standard InChI is InChI=1S/C5H11FO2/c1-5(2,8)3-4(6)7/h4,7-8H,3H2,1-2H3. The Labute approximate surface area is 48.0 Å². The Kier molecular flexibility index (Phi) is 2.37. The van der Waals surface area contributed by atoms with E-state index in [9.17, 15) is 4.39 Å². The summed E-state index contributed by atoms with van der Waals surface area (Å²) in [4.78, 5) is 0. The van der Waals surface area contributed by atoms with Gasteiger partial charge in [0.05, 0.1) is 5.60 Å². The van der Waals surface area contributed by atoms with E-state index in [0.29, 0.717) is 0 Å². The molecule has 0 aliphatic heterocycles. The van der Waals surface area contributed by atoms with Crippen molar-refractivity contribution >= 4 is 0 Å². The first kappa shape index (κ1) is 7.85. The van der Waals surface area contributed by atoms with Crippen molar-refractivity contribution in [2.24, 2.45) is 0 Å². The van der Waals surface area contributed by atoms with Crippen LogP contribution in [0, 0.1) is 0 Å². The van der Waals surface area contributed by atoms with Crippen LogP contribution in [-0.4, -0.2) is 22.2 Å². The molecule has 3 heteroatoms. The van der Waals surface area contributed by atoms with Crippen molar-refractivity contribution in [3.8, 4) is 0 Å². The molecule has 1 unspecified atom stereocenters. The fourth-order valence-electron chi connectivity index (χ4n) is 0.412. The summed E-state index contributed by atoms with van der Waals surface area (Å²) in [5.41, 5.74) is -1.10. The molecule has 0 aromatic carbocycles. The van der Waals surface area contributed by atoms with Crippen molar-refractivity contribution in [3.05, 3.63) is 0 Å². The van der Waals surface area contributed by atoms with Crippen LogP contribution >= 0.6 is 0 Å². The summed E-state index contributed by atoms with van der Waals surface area (Å²) in [6.07, 6.45) is -2.14. The minimum atomic E-state index is -1.91. The Bertz CT molecular complexity index is 65.3. The zero-order chi connectivity index (χ0) is 6.78. The monoisotopic (exact) mass is 122 g/mol. The summed E-state index contributed by atoms with van der Waals surface area (Å²) < 4.78 is 11.6. The number of hydrogen-bond donors (Lipinski definition) is 2. The zero-order valence-electron chi connectivity index (χ0n) is 5.06. The lowest BCUT2D eigenvalue weighted by Crippen LogP contribution is -2.23. The van der Waals surface area contributed by atoms with Crippen LogP contribution in [0.15, 0.2) is 0 Å². The van der Waals surface area contributed by atoms with Gasteiger partial charge in [-0.3, -0.25) is 0 Å². The molecule has 0 radical (unpaired) electrons. The first-order valence-electron chi connectivity index (χ1n) is 2.46. The molecule has 0 spiro atoms. The molecule has 0 bridgehead atoms. The molecule has 0 heterocycles. The molecule has 50 valence electrons. The van der Waals surface area contributed by atoms with E-state index in [0.717, 1.165) is 0 Å². The Morgan fingerprint density at radius 3 is 2.00 bits per heavy atom. The lowest BCUT2D eigenvalue weighted by molar-refractivity contribution is -0.0394. The van der Waals surface area contributed by atoms with Crippen LogP contribution < -0.4 is 0 Å². The van der Waals surface area contributed by atoms with E-state index in [1.807, 2.05) is 0 Å². The minimum Gasteiger partial charge on any atom is -0.390 e. The highest BCUT2D eigenvalue weighted by Crippen LogP contribution is 2.10. The molecule has 2 N–H and O–H groups in total. The molecule has 0 aliphatic rings. The second-order valence-corrected chi connectivity index (χ2v) is 2.45. The molecule has 8 heavy (non-hydrogen) atoms. The van der Waals surface area contributed by atoms with Gasteiger partial charge in [-0.05, 0) is 13.8 Å². The molecule has 2 nitrogen and oxygen atoms in total. The van der Waals surface area contributed by atoms with Gasteiger partial charge in [-0.1, -0.05) is 0 Å². The third kappa shape index (κ3) is 5.85. The fraction of sp³-hybridized carbons (Fsp3) is 1.00. The van der Waals surface area contributed by atoms with Gasteiger partial charge < -0.3 is 10.2 Å². The van der Waals surface area contributed by atoms with Gasteiger partial charge in [0, 0.05) is 6.42 Å². The molecule has 1 atom stereocenters. The van der Waals surface area contributed by atoms with Gasteiger partial charge in [0.1, 0.15) is 0 Å². The van der Waals surface area contributed by atoms with E-state index in [2.05, 4.69) is 0 Å². The molecular formula is C5H11FO2. The summed E-state index contributed by atoms with van der Waals surface area (Å²) >= 11 is 0. The number of aliphatic hydroxyl groups is 2. The smallest absolute Gasteiger partial charge is 0.199 e. The number of halogens is 1. The van der Waals surface area contributed by atoms with E-state index in [1.54, 1.807) is 0 Å². The summed E-state index contributed by atoms with van der Waals surface area (Å²) in [5, 5.41) is 16.8. The van der Waals surface area contributed by atoms with Crippen molar-refractivity contribution in [3.63, 3.8) is 0 Å². The lowest BCUT2D eigenvalue weighted by Gasteiger charge is -2.15. The van der Waals surface area contributed by atoms with Crippen molar-refractivity contribution in [2.75, 3.05) is 0 Å². The Balaban J connectivity index is 3.39. The van der Waals surface area contributed by atoms with Crippen molar-refractivity contribution < 1.29 is 14.6 Å². The van der Waals surface area contributed by atoms with Gasteiger partial charge in [-0.25, -0.2) is 4.39 Å². The zero-order valence-corrected chi connectivity index (χ0v) is 5.06. The van der Waals surface area contributed by atoms with Gasteiger partial charge in [0.2, 0.25) is 0 Å². The van der Waals surface area contributed by atoms with Gasteiger partial charge in [0.15, 0.2) is 6.36 Å². The summed E-state index contributed by atoms with van der Waals surface area (Å²) in [5.74, 6) is 0. The van der Waals surface area contributed by atoms with Crippen LogP contribution in [0.3, 0.4) is 0 Å². The molecule has 0 saturated carbocycles. The summed E-state index contributed by atoms with van der Waals surface area (Å²) in [6.45, 7) is 2.88. The van der Waals surface area contributed by atoms with Crippen LogP contribution in [0.2, 0.25) is 0 Å². The van der Waals surface area contributed by atoms with Gasteiger partial charge in [0.25, 0.3) is 0 Å².